The van der Waals surface area contributed by atoms with Gasteiger partial charge in [0.15, 0.2) is 0 Å². The Morgan fingerprint density at radius 3 is 2.47 bits per heavy atom. The van der Waals surface area contributed by atoms with E-state index >= 15 is 0 Å². The van der Waals surface area contributed by atoms with Crippen LogP contribution in [0.25, 0.3) is 11.8 Å². The lowest BCUT2D eigenvalue weighted by molar-refractivity contribution is 0.568. The summed E-state index contributed by atoms with van der Waals surface area (Å²) in [5, 5.41) is 0.777. The van der Waals surface area contributed by atoms with Crippen molar-refractivity contribution in [2.75, 3.05) is 0 Å². The zero-order valence-electron chi connectivity index (χ0n) is 11.3. The van der Waals surface area contributed by atoms with Gasteiger partial charge in [0, 0.05) is 23.6 Å². The third kappa shape index (κ3) is 3.85. The van der Waals surface area contributed by atoms with Crippen molar-refractivity contribution in [1.29, 1.82) is 0 Å². The van der Waals surface area contributed by atoms with Gasteiger partial charge in [0.1, 0.15) is 0 Å². The van der Waals surface area contributed by atoms with Gasteiger partial charge >= 0.3 is 0 Å². The number of allylic oxidation sites excluding steroid dienone is 1. The quantitative estimate of drug-likeness (QED) is 0.762. The molecule has 102 valence electrons. The molecule has 0 amide bonds. The Morgan fingerprint density at radius 1 is 1.26 bits per heavy atom. The highest BCUT2D eigenvalue weighted by atomic mass is 35.5. The van der Waals surface area contributed by atoms with Crippen molar-refractivity contribution >= 4 is 35.8 Å². The Balaban J connectivity index is 0.00000180. The number of aromatic nitrogens is 2. The fraction of sp³-hybridized carbons (Fsp3) is 0.267. The van der Waals surface area contributed by atoms with Crippen LogP contribution in [0.4, 0.5) is 0 Å². The van der Waals surface area contributed by atoms with Crippen molar-refractivity contribution in [3.05, 3.63) is 53.6 Å². The third-order valence-corrected chi connectivity index (χ3v) is 3.10. The van der Waals surface area contributed by atoms with Crippen LogP contribution in [-0.2, 0) is 0 Å². The molecular formula is C15H18Cl2N2. The van der Waals surface area contributed by atoms with Crippen molar-refractivity contribution in [2.24, 2.45) is 5.41 Å². The summed E-state index contributed by atoms with van der Waals surface area (Å²) in [6.45, 7) is 6.54. The van der Waals surface area contributed by atoms with Crippen molar-refractivity contribution in [1.82, 2.24) is 9.55 Å². The van der Waals surface area contributed by atoms with Crippen molar-refractivity contribution in [3.8, 4) is 0 Å². The molecule has 0 aliphatic rings. The van der Waals surface area contributed by atoms with Gasteiger partial charge in [-0.05, 0) is 22.6 Å². The first kappa shape index (κ1) is 15.8. The first-order valence-electron chi connectivity index (χ1n) is 5.93. The Hall–Kier alpha value is -1.25. The van der Waals surface area contributed by atoms with E-state index in [2.05, 4.69) is 38.0 Å². The van der Waals surface area contributed by atoms with Crippen molar-refractivity contribution in [2.45, 2.75) is 20.8 Å². The van der Waals surface area contributed by atoms with Gasteiger partial charge in [-0.15, -0.1) is 12.4 Å². The van der Waals surface area contributed by atoms with E-state index in [4.69, 9.17) is 11.6 Å². The molecule has 0 saturated carbocycles. The standard InChI is InChI=1S/C15H17ClN2.ClH/c1-15(2,3)13(10-18-9-8-17-11-18)12-6-4-5-7-14(12)16;/h4-11H,1-3H3;1H/b13-10-;. The second kappa shape index (κ2) is 6.27. The average Bonchev–Trinajstić information content (AvgIpc) is 2.78. The summed E-state index contributed by atoms with van der Waals surface area (Å²) in [5.41, 5.74) is 2.27. The highest BCUT2D eigenvalue weighted by molar-refractivity contribution is 6.32. The fourth-order valence-corrected chi connectivity index (χ4v) is 2.08. The maximum atomic E-state index is 6.30. The van der Waals surface area contributed by atoms with Crippen LogP contribution in [0.5, 0.6) is 0 Å². The summed E-state index contributed by atoms with van der Waals surface area (Å²) >= 11 is 6.30. The van der Waals surface area contributed by atoms with Crippen LogP contribution in [0.15, 0.2) is 43.0 Å². The zero-order chi connectivity index (χ0) is 13.2. The molecule has 0 spiro atoms. The van der Waals surface area contributed by atoms with E-state index in [0.717, 1.165) is 10.6 Å². The van der Waals surface area contributed by atoms with Crippen LogP contribution in [-0.4, -0.2) is 9.55 Å². The van der Waals surface area contributed by atoms with Gasteiger partial charge in [-0.25, -0.2) is 4.98 Å². The van der Waals surface area contributed by atoms with Gasteiger partial charge in [-0.3, -0.25) is 0 Å². The summed E-state index contributed by atoms with van der Waals surface area (Å²) < 4.78 is 1.95. The second-order valence-electron chi connectivity index (χ2n) is 5.28. The number of rotatable bonds is 2. The van der Waals surface area contributed by atoms with E-state index in [-0.39, 0.29) is 17.8 Å². The predicted molar refractivity (Wildman–Crippen MR) is 84.5 cm³/mol. The Kier molecular flexibility index (Phi) is 5.21. The molecule has 19 heavy (non-hydrogen) atoms. The Bertz CT molecular complexity index is 552. The van der Waals surface area contributed by atoms with E-state index in [0.29, 0.717) is 0 Å². The molecule has 0 N–H and O–H groups in total. The number of hydrogen-bond acceptors (Lipinski definition) is 1. The smallest absolute Gasteiger partial charge is 0.0986 e. The number of hydrogen-bond donors (Lipinski definition) is 0. The Morgan fingerprint density at radius 2 is 1.95 bits per heavy atom. The molecule has 2 nitrogen and oxygen atoms in total. The maximum absolute atomic E-state index is 6.30. The van der Waals surface area contributed by atoms with E-state index in [1.165, 1.54) is 5.57 Å². The lowest BCUT2D eigenvalue weighted by Crippen LogP contribution is -2.09. The zero-order valence-corrected chi connectivity index (χ0v) is 12.9. The fourth-order valence-electron chi connectivity index (χ4n) is 1.84. The lowest BCUT2D eigenvalue weighted by atomic mass is 9.82. The van der Waals surface area contributed by atoms with Gasteiger partial charge in [0.05, 0.1) is 6.33 Å². The molecule has 1 heterocycles. The Labute approximate surface area is 125 Å². The predicted octanol–water partition coefficient (Wildman–Crippen LogP) is 5.00. The number of benzene rings is 1. The molecule has 0 saturated heterocycles. The van der Waals surface area contributed by atoms with E-state index in [1.54, 1.807) is 12.5 Å². The normalized spacial score (nSPS) is 12.1. The average molecular weight is 297 g/mol. The molecule has 1 aromatic carbocycles. The molecule has 2 aromatic rings. The van der Waals surface area contributed by atoms with Crippen LogP contribution in [0, 0.1) is 5.41 Å². The molecular weight excluding hydrogens is 279 g/mol. The van der Waals surface area contributed by atoms with Crippen LogP contribution in [0.3, 0.4) is 0 Å². The van der Waals surface area contributed by atoms with E-state index in [9.17, 15) is 0 Å². The molecule has 0 bridgehead atoms. The van der Waals surface area contributed by atoms with Crippen LogP contribution in [0.1, 0.15) is 26.3 Å². The molecule has 0 unspecified atom stereocenters. The van der Waals surface area contributed by atoms with Crippen LogP contribution in [0.2, 0.25) is 5.02 Å². The highest BCUT2D eigenvalue weighted by Gasteiger charge is 2.20. The summed E-state index contributed by atoms with van der Waals surface area (Å²) in [5.74, 6) is 0. The van der Waals surface area contributed by atoms with Crippen molar-refractivity contribution in [3.63, 3.8) is 0 Å². The first-order chi connectivity index (χ1) is 8.48. The van der Waals surface area contributed by atoms with Gasteiger partial charge in [-0.2, -0.15) is 0 Å². The maximum Gasteiger partial charge on any atom is 0.0986 e. The number of nitrogens with zero attached hydrogens (tertiary/aromatic N) is 2. The van der Waals surface area contributed by atoms with E-state index in [1.807, 2.05) is 29.0 Å². The summed E-state index contributed by atoms with van der Waals surface area (Å²) in [7, 11) is 0. The number of imidazole rings is 1. The summed E-state index contributed by atoms with van der Waals surface area (Å²) in [6, 6.07) is 7.93. The second-order valence-corrected chi connectivity index (χ2v) is 5.69. The molecule has 1 aromatic heterocycles. The third-order valence-electron chi connectivity index (χ3n) is 2.78. The van der Waals surface area contributed by atoms with Gasteiger partial charge in [-0.1, -0.05) is 50.6 Å². The minimum atomic E-state index is 0. The largest absolute Gasteiger partial charge is 0.313 e. The molecule has 0 aliphatic heterocycles. The monoisotopic (exact) mass is 296 g/mol. The first-order valence-corrected chi connectivity index (χ1v) is 6.31. The molecule has 0 aliphatic carbocycles. The molecule has 0 fully saturated rings. The molecule has 4 heteroatoms. The SMILES string of the molecule is CC(C)(C)/C(=C\n1ccnc1)c1ccccc1Cl.Cl. The van der Waals surface area contributed by atoms with Crippen LogP contribution < -0.4 is 0 Å². The van der Waals surface area contributed by atoms with Gasteiger partial charge < -0.3 is 4.57 Å². The number of halogens is 2. The molecule has 0 radical (unpaired) electrons. The van der Waals surface area contributed by atoms with Crippen molar-refractivity contribution < 1.29 is 0 Å². The molecule has 2 rings (SSSR count). The minimum Gasteiger partial charge on any atom is -0.313 e. The summed E-state index contributed by atoms with van der Waals surface area (Å²) in [4.78, 5) is 4.06. The minimum absolute atomic E-state index is 0. The molecule has 0 atom stereocenters. The van der Waals surface area contributed by atoms with Gasteiger partial charge in [0.25, 0.3) is 0 Å². The highest BCUT2D eigenvalue weighted by Crippen LogP contribution is 2.37. The van der Waals surface area contributed by atoms with Crippen LogP contribution >= 0.6 is 24.0 Å². The lowest BCUT2D eigenvalue weighted by Gasteiger charge is -2.24. The van der Waals surface area contributed by atoms with E-state index < -0.39 is 0 Å². The van der Waals surface area contributed by atoms with Gasteiger partial charge in [0.2, 0.25) is 0 Å². The summed E-state index contributed by atoms with van der Waals surface area (Å²) in [6.07, 6.45) is 7.54. The topological polar surface area (TPSA) is 17.8 Å².